The number of fused-ring (bicyclic) bond motifs is 13. The van der Waals surface area contributed by atoms with Crippen LogP contribution < -0.4 is 10.6 Å². The average Bonchev–Trinajstić information content (AvgIpc) is 4.02. The molecule has 0 saturated heterocycles. The van der Waals surface area contributed by atoms with Gasteiger partial charge in [0, 0.05) is 48.8 Å². The third-order valence-corrected chi connectivity index (χ3v) is 15.6. The molecule has 66 heavy (non-hydrogen) atoms. The van der Waals surface area contributed by atoms with Gasteiger partial charge in [0.15, 0.2) is 0 Å². The van der Waals surface area contributed by atoms with Gasteiger partial charge in [0.2, 0.25) is 5.95 Å². The van der Waals surface area contributed by atoms with Gasteiger partial charge in [0.1, 0.15) is 0 Å². The summed E-state index contributed by atoms with van der Waals surface area (Å²) in [5.74, 6) is 0.702. The molecule has 0 radical (unpaired) electrons. The zero-order chi connectivity index (χ0) is 44.1. The molecule has 0 spiro atoms. The first-order valence-electron chi connectivity index (χ1n) is 23.7. The molecule has 4 aliphatic rings. The lowest BCUT2D eigenvalue weighted by atomic mass is 9.77. The lowest BCUT2D eigenvalue weighted by Crippen LogP contribution is -2.34. The first kappa shape index (κ1) is 37.8. The van der Waals surface area contributed by atoms with Gasteiger partial charge in [0.05, 0.1) is 33.1 Å². The quantitative estimate of drug-likeness (QED) is 0.177. The van der Waals surface area contributed by atoms with Gasteiger partial charge in [0.25, 0.3) is 0 Å². The first-order valence-corrected chi connectivity index (χ1v) is 23.7. The van der Waals surface area contributed by atoms with Crippen LogP contribution in [0.3, 0.4) is 0 Å². The van der Waals surface area contributed by atoms with E-state index in [9.17, 15) is 0 Å². The van der Waals surface area contributed by atoms with E-state index in [1.165, 1.54) is 88.2 Å². The predicted molar refractivity (Wildman–Crippen MR) is 275 cm³/mol. The van der Waals surface area contributed by atoms with Gasteiger partial charge in [-0.1, -0.05) is 155 Å². The summed E-state index contributed by atoms with van der Waals surface area (Å²) in [6.07, 6.45) is 13.5. The van der Waals surface area contributed by atoms with Crippen molar-refractivity contribution in [3.8, 4) is 45.1 Å². The Morgan fingerprint density at radius 1 is 0.500 bits per heavy atom. The summed E-state index contributed by atoms with van der Waals surface area (Å²) in [4.78, 5) is 11.1. The molecule has 3 aromatic heterocycles. The number of allylic oxidation sites excluding steroid dienone is 4. The molecule has 4 aliphatic carbocycles. The molecule has 7 aromatic carbocycles. The van der Waals surface area contributed by atoms with Crippen LogP contribution in [-0.4, -0.2) is 19.1 Å². The van der Waals surface area contributed by atoms with E-state index in [0.717, 1.165) is 64.2 Å². The second-order valence-corrected chi connectivity index (χ2v) is 19.9. The molecule has 0 bridgehead atoms. The van der Waals surface area contributed by atoms with Crippen LogP contribution in [0.5, 0.6) is 0 Å². The van der Waals surface area contributed by atoms with Gasteiger partial charge in [-0.3, -0.25) is 4.57 Å². The normalized spacial score (nSPS) is 16.3. The highest BCUT2D eigenvalue weighted by Gasteiger charge is 2.40. The molecule has 14 rings (SSSR count). The van der Waals surface area contributed by atoms with Gasteiger partial charge < -0.3 is 4.57 Å². The van der Waals surface area contributed by atoms with Gasteiger partial charge in [-0.05, 0) is 124 Å². The molecule has 316 valence electrons. The lowest BCUT2D eigenvalue weighted by Gasteiger charge is -2.26. The largest absolute Gasteiger partial charge is 0.309 e. The highest BCUT2D eigenvalue weighted by molar-refractivity contribution is 6.15. The van der Waals surface area contributed by atoms with Crippen molar-refractivity contribution < 1.29 is 0 Å². The summed E-state index contributed by atoms with van der Waals surface area (Å²) in [5.41, 5.74) is 21.4. The second-order valence-electron chi connectivity index (χ2n) is 19.9. The summed E-state index contributed by atoms with van der Waals surface area (Å²) in [6.45, 7) is 9.65. The molecule has 0 saturated carbocycles. The number of para-hydroxylation sites is 2. The van der Waals surface area contributed by atoms with Crippen LogP contribution in [0.2, 0.25) is 0 Å². The third kappa shape index (κ3) is 5.04. The standard InChI is InChI=1S/C62H48N4/c1-61(2)49-23-10-5-16-41(49)45-22-15-21-40(57(45)61)38-30-34-54-48(36-38)56-55(35-33-46-42-17-6-11-24-50(42)62(3,4)58(46)56)66(54)60-63-51-25-12-7-20-47(51)59(64-60)37-28-31-39(32-29-37)65-52-26-13-8-18-43(52)44-19-9-14-27-53(44)65/h6,8-11,13-15,17-36H,5,7,12,16H2,1-4H3. The molecular weight excluding hydrogens is 801 g/mol. The van der Waals surface area contributed by atoms with Crippen LogP contribution in [0.4, 0.5) is 0 Å². The van der Waals surface area contributed by atoms with E-state index in [-0.39, 0.29) is 10.8 Å². The highest BCUT2D eigenvalue weighted by atomic mass is 15.2. The van der Waals surface area contributed by atoms with Crippen LogP contribution in [0, 0.1) is 0 Å². The number of hydrogen-bond donors (Lipinski definition) is 0. The summed E-state index contributed by atoms with van der Waals surface area (Å²) in [5, 5.41) is 7.16. The third-order valence-electron chi connectivity index (χ3n) is 15.6. The molecule has 4 nitrogen and oxygen atoms in total. The van der Waals surface area contributed by atoms with Crippen LogP contribution in [-0.2, 0) is 10.8 Å². The lowest BCUT2D eigenvalue weighted by molar-refractivity contribution is 0.653. The maximum atomic E-state index is 5.63. The number of rotatable bonds is 4. The SMILES string of the molecule is CC1(C)C2=C(CCC=C2)c2cccc(-c3ccc4c(c3)c3c5c(ccc3n4-c3nc(-c4ccc(-n6c7ccccc7c7ccccc76)cc4)c4c(n3)=CCCC=4)-c3ccccc3C5(C)C)c21. The molecule has 0 aliphatic heterocycles. The molecule has 0 unspecified atom stereocenters. The number of aromatic nitrogens is 4. The minimum atomic E-state index is -0.214. The zero-order valence-corrected chi connectivity index (χ0v) is 37.8. The van der Waals surface area contributed by atoms with E-state index in [4.69, 9.17) is 9.97 Å². The van der Waals surface area contributed by atoms with E-state index in [1.807, 2.05) is 0 Å². The fraction of sp³-hybridized carbons (Fsp3) is 0.161. The summed E-state index contributed by atoms with van der Waals surface area (Å²) in [6, 6.07) is 54.3. The Labute approximate surface area is 384 Å². The predicted octanol–water partition coefficient (Wildman–Crippen LogP) is 14.1. The van der Waals surface area contributed by atoms with Crippen molar-refractivity contribution in [3.05, 3.63) is 196 Å². The van der Waals surface area contributed by atoms with E-state index >= 15 is 0 Å². The molecule has 0 atom stereocenters. The van der Waals surface area contributed by atoms with Gasteiger partial charge in [-0.25, -0.2) is 9.97 Å². The van der Waals surface area contributed by atoms with E-state index in [0.29, 0.717) is 5.95 Å². The second kappa shape index (κ2) is 13.5. The Morgan fingerprint density at radius 2 is 1.18 bits per heavy atom. The van der Waals surface area contributed by atoms with Crippen molar-refractivity contribution in [1.82, 2.24) is 19.1 Å². The molecule has 0 amide bonds. The van der Waals surface area contributed by atoms with Crippen LogP contribution in [0.15, 0.2) is 163 Å². The highest BCUT2D eigenvalue weighted by Crippen LogP contribution is 2.55. The Morgan fingerprint density at radius 3 is 2.00 bits per heavy atom. The maximum Gasteiger partial charge on any atom is 0.235 e. The summed E-state index contributed by atoms with van der Waals surface area (Å²) < 4.78 is 4.74. The van der Waals surface area contributed by atoms with Crippen LogP contribution in [0.1, 0.15) is 75.6 Å². The van der Waals surface area contributed by atoms with Crippen molar-refractivity contribution in [1.29, 1.82) is 0 Å². The van der Waals surface area contributed by atoms with Crippen LogP contribution in [0.25, 0.3) is 106 Å². The van der Waals surface area contributed by atoms with E-state index in [1.54, 1.807) is 0 Å². The van der Waals surface area contributed by atoms with Crippen molar-refractivity contribution in [2.24, 2.45) is 0 Å². The topological polar surface area (TPSA) is 35.6 Å². The van der Waals surface area contributed by atoms with Crippen molar-refractivity contribution >= 4 is 61.3 Å². The number of benzene rings is 7. The first-order chi connectivity index (χ1) is 32.3. The zero-order valence-electron chi connectivity index (χ0n) is 37.8. The van der Waals surface area contributed by atoms with Crippen molar-refractivity contribution in [3.63, 3.8) is 0 Å². The minimum absolute atomic E-state index is 0.0887. The molecule has 0 fully saturated rings. The van der Waals surface area contributed by atoms with Crippen LogP contribution >= 0.6 is 0 Å². The van der Waals surface area contributed by atoms with Gasteiger partial charge in [-0.2, -0.15) is 0 Å². The van der Waals surface area contributed by atoms with Crippen molar-refractivity contribution in [2.75, 3.05) is 0 Å². The summed E-state index contributed by atoms with van der Waals surface area (Å²) in [7, 11) is 0. The Kier molecular flexibility index (Phi) is 7.72. The Hall–Kier alpha value is -7.56. The van der Waals surface area contributed by atoms with Gasteiger partial charge >= 0.3 is 0 Å². The maximum absolute atomic E-state index is 5.63. The van der Waals surface area contributed by atoms with Crippen molar-refractivity contribution in [2.45, 2.75) is 64.2 Å². The Balaban J connectivity index is 0.998. The fourth-order valence-electron chi connectivity index (χ4n) is 12.7. The molecule has 0 N–H and O–H groups in total. The summed E-state index contributed by atoms with van der Waals surface area (Å²) >= 11 is 0. The monoisotopic (exact) mass is 848 g/mol. The fourth-order valence-corrected chi connectivity index (χ4v) is 12.7. The number of nitrogens with zero attached hydrogens (tertiary/aromatic N) is 4. The Bertz CT molecular complexity index is 3920. The minimum Gasteiger partial charge on any atom is -0.309 e. The van der Waals surface area contributed by atoms with E-state index < -0.39 is 0 Å². The molecular formula is C62H48N4. The number of hydrogen-bond acceptors (Lipinski definition) is 2. The molecule has 4 heteroatoms. The smallest absolute Gasteiger partial charge is 0.235 e. The molecule has 3 heterocycles. The average molecular weight is 849 g/mol. The molecule has 10 aromatic rings. The van der Waals surface area contributed by atoms with Gasteiger partial charge in [-0.15, -0.1) is 0 Å². The van der Waals surface area contributed by atoms with E-state index in [2.05, 4.69) is 207 Å².